The molecule has 7 heteroatoms. The van der Waals surface area contributed by atoms with Crippen molar-refractivity contribution in [2.24, 2.45) is 0 Å². The van der Waals surface area contributed by atoms with Crippen molar-refractivity contribution in [3.8, 4) is 11.5 Å². The maximum atomic E-state index is 11.3. The van der Waals surface area contributed by atoms with Crippen LogP contribution < -0.4 is 5.32 Å². The summed E-state index contributed by atoms with van der Waals surface area (Å²) in [6, 6.07) is 5.70. The first kappa shape index (κ1) is 15.0. The summed E-state index contributed by atoms with van der Waals surface area (Å²) in [5.41, 5.74) is 1.55. The summed E-state index contributed by atoms with van der Waals surface area (Å²) < 4.78 is 5.44. The Morgan fingerprint density at radius 1 is 1.17 bits per heavy atom. The first-order chi connectivity index (χ1) is 11.7. The minimum Gasteiger partial charge on any atom is -0.441 e. The van der Waals surface area contributed by atoms with Crippen molar-refractivity contribution in [1.29, 1.82) is 0 Å². The van der Waals surface area contributed by atoms with Crippen LogP contribution in [-0.4, -0.2) is 51.2 Å². The molecule has 124 valence electrons. The Balaban J connectivity index is 1.36. The molecule has 0 aliphatic carbocycles. The molecule has 2 aliphatic heterocycles. The fourth-order valence-electron chi connectivity index (χ4n) is 3.22. The molecule has 2 aromatic heterocycles. The molecule has 2 aliphatic rings. The van der Waals surface area contributed by atoms with Gasteiger partial charge in [0.15, 0.2) is 5.82 Å². The number of nitrogens with one attached hydrogen (secondary N) is 1. The topological polar surface area (TPSA) is 80.2 Å². The van der Waals surface area contributed by atoms with Gasteiger partial charge in [0, 0.05) is 56.6 Å². The number of carbonyl (C=O) groups excluding carboxylic acids is 1. The normalized spacial score (nSPS) is 19.9. The molecule has 0 aromatic carbocycles. The van der Waals surface area contributed by atoms with E-state index < -0.39 is 0 Å². The number of likely N-dealkylation sites (tertiary alicyclic amines) is 1. The number of pyridine rings is 1. The number of rotatable bonds is 3. The van der Waals surface area contributed by atoms with Crippen LogP contribution in [0, 0.1) is 0 Å². The maximum Gasteiger partial charge on any atom is 0.407 e. The first-order valence-corrected chi connectivity index (χ1v) is 8.14. The standard InChI is InChI=1S/C17H19N5O2/c23-16-21-12-17(24-16)4-7-22(8-5-17)11-13-9-19-15(20-10-13)14-3-1-2-6-18-14/h1-3,6,9-10H,4-5,7-8,11-12H2,(H,21,23). The molecule has 0 bridgehead atoms. The van der Waals surface area contributed by atoms with Crippen LogP contribution >= 0.6 is 0 Å². The smallest absolute Gasteiger partial charge is 0.407 e. The third-order valence-electron chi connectivity index (χ3n) is 4.64. The van der Waals surface area contributed by atoms with Crippen molar-refractivity contribution in [3.63, 3.8) is 0 Å². The molecule has 0 unspecified atom stereocenters. The third-order valence-corrected chi connectivity index (χ3v) is 4.64. The Labute approximate surface area is 140 Å². The number of piperidine rings is 1. The zero-order valence-corrected chi connectivity index (χ0v) is 13.3. The van der Waals surface area contributed by atoms with Gasteiger partial charge < -0.3 is 10.1 Å². The number of hydrogen-bond acceptors (Lipinski definition) is 6. The highest BCUT2D eigenvalue weighted by Crippen LogP contribution is 2.29. The molecule has 1 amide bonds. The molecule has 1 N–H and O–H groups in total. The van der Waals surface area contributed by atoms with Crippen LogP contribution in [0.15, 0.2) is 36.8 Å². The second-order valence-corrected chi connectivity index (χ2v) is 6.33. The molecule has 4 rings (SSSR count). The van der Waals surface area contributed by atoms with Crippen molar-refractivity contribution < 1.29 is 9.53 Å². The summed E-state index contributed by atoms with van der Waals surface area (Å²) in [4.78, 5) is 26.7. The zero-order chi connectivity index (χ0) is 16.4. The van der Waals surface area contributed by atoms with Gasteiger partial charge in [0.1, 0.15) is 11.3 Å². The summed E-state index contributed by atoms with van der Waals surface area (Å²) in [6.45, 7) is 3.23. The van der Waals surface area contributed by atoms with E-state index >= 15 is 0 Å². The molecule has 7 nitrogen and oxygen atoms in total. The average molecular weight is 325 g/mol. The Morgan fingerprint density at radius 2 is 1.96 bits per heavy atom. The summed E-state index contributed by atoms with van der Waals surface area (Å²) in [5.74, 6) is 0.640. The van der Waals surface area contributed by atoms with Gasteiger partial charge in [-0.3, -0.25) is 9.88 Å². The Kier molecular flexibility index (Phi) is 3.86. The van der Waals surface area contributed by atoms with E-state index in [2.05, 4.69) is 25.2 Å². The minimum atomic E-state index is -0.299. The van der Waals surface area contributed by atoms with Crippen molar-refractivity contribution in [2.75, 3.05) is 19.6 Å². The lowest BCUT2D eigenvalue weighted by Gasteiger charge is -2.37. The highest BCUT2D eigenvalue weighted by Gasteiger charge is 2.42. The van der Waals surface area contributed by atoms with E-state index in [1.165, 1.54) is 0 Å². The van der Waals surface area contributed by atoms with Gasteiger partial charge in [0.25, 0.3) is 0 Å². The monoisotopic (exact) mass is 325 g/mol. The molecule has 0 saturated carbocycles. The molecule has 2 saturated heterocycles. The number of carbonyl (C=O) groups is 1. The Hall–Kier alpha value is -2.54. The van der Waals surface area contributed by atoms with E-state index in [1.54, 1.807) is 6.20 Å². The van der Waals surface area contributed by atoms with Crippen LogP contribution in [-0.2, 0) is 11.3 Å². The van der Waals surface area contributed by atoms with Gasteiger partial charge in [0.05, 0.1) is 6.54 Å². The molecule has 4 heterocycles. The number of amides is 1. The zero-order valence-electron chi connectivity index (χ0n) is 13.3. The Bertz CT molecular complexity index is 712. The lowest BCUT2D eigenvalue weighted by atomic mass is 9.91. The van der Waals surface area contributed by atoms with Crippen molar-refractivity contribution in [1.82, 2.24) is 25.2 Å². The van der Waals surface area contributed by atoms with Crippen LogP contribution in [0.25, 0.3) is 11.5 Å². The quantitative estimate of drug-likeness (QED) is 0.923. The highest BCUT2D eigenvalue weighted by molar-refractivity contribution is 5.70. The molecule has 0 radical (unpaired) electrons. The number of alkyl carbamates (subject to hydrolysis) is 1. The molecule has 24 heavy (non-hydrogen) atoms. The van der Waals surface area contributed by atoms with E-state index in [0.717, 1.165) is 43.7 Å². The van der Waals surface area contributed by atoms with Crippen molar-refractivity contribution >= 4 is 6.09 Å². The number of nitrogens with zero attached hydrogens (tertiary/aromatic N) is 4. The largest absolute Gasteiger partial charge is 0.441 e. The van der Waals surface area contributed by atoms with Gasteiger partial charge in [0.2, 0.25) is 0 Å². The third kappa shape index (κ3) is 3.07. The predicted octanol–water partition coefficient (Wildman–Crippen LogP) is 1.61. The molecule has 1 spiro atoms. The molecule has 0 atom stereocenters. The van der Waals surface area contributed by atoms with Gasteiger partial charge >= 0.3 is 6.09 Å². The fourth-order valence-corrected chi connectivity index (χ4v) is 3.22. The van der Waals surface area contributed by atoms with Crippen LogP contribution in [0.3, 0.4) is 0 Å². The van der Waals surface area contributed by atoms with Crippen LogP contribution in [0.5, 0.6) is 0 Å². The van der Waals surface area contributed by atoms with Gasteiger partial charge in [-0.15, -0.1) is 0 Å². The molecular formula is C17H19N5O2. The van der Waals surface area contributed by atoms with E-state index in [9.17, 15) is 4.79 Å². The lowest BCUT2D eigenvalue weighted by molar-refractivity contribution is -0.00105. The van der Waals surface area contributed by atoms with E-state index in [0.29, 0.717) is 12.4 Å². The van der Waals surface area contributed by atoms with Gasteiger partial charge in [-0.05, 0) is 12.1 Å². The molecule has 2 fully saturated rings. The minimum absolute atomic E-state index is 0.290. The average Bonchev–Trinajstić information content (AvgIpc) is 2.99. The highest BCUT2D eigenvalue weighted by atomic mass is 16.6. The lowest BCUT2D eigenvalue weighted by Crippen LogP contribution is -2.46. The SMILES string of the molecule is O=C1NCC2(CCN(Cc3cnc(-c4ccccn4)nc3)CC2)O1. The summed E-state index contributed by atoms with van der Waals surface area (Å²) in [6.07, 6.45) is 6.89. The number of aromatic nitrogens is 3. The maximum absolute atomic E-state index is 11.3. The first-order valence-electron chi connectivity index (χ1n) is 8.14. The molecule has 2 aromatic rings. The van der Waals surface area contributed by atoms with E-state index in [-0.39, 0.29) is 11.7 Å². The van der Waals surface area contributed by atoms with Gasteiger partial charge in [-0.1, -0.05) is 6.07 Å². The van der Waals surface area contributed by atoms with Crippen LogP contribution in [0.4, 0.5) is 4.79 Å². The Morgan fingerprint density at radius 3 is 2.58 bits per heavy atom. The van der Waals surface area contributed by atoms with Gasteiger partial charge in [-0.25, -0.2) is 14.8 Å². The van der Waals surface area contributed by atoms with E-state index in [1.807, 2.05) is 30.6 Å². The summed E-state index contributed by atoms with van der Waals surface area (Å²) >= 11 is 0. The van der Waals surface area contributed by atoms with Crippen molar-refractivity contribution in [2.45, 2.75) is 25.0 Å². The summed E-state index contributed by atoms with van der Waals surface area (Å²) in [5, 5.41) is 2.76. The fraction of sp³-hybridized carbons (Fsp3) is 0.412. The molecular weight excluding hydrogens is 306 g/mol. The summed E-state index contributed by atoms with van der Waals surface area (Å²) in [7, 11) is 0. The van der Waals surface area contributed by atoms with Gasteiger partial charge in [-0.2, -0.15) is 0 Å². The number of hydrogen-bond donors (Lipinski definition) is 1. The second kappa shape index (κ2) is 6.16. The van der Waals surface area contributed by atoms with Crippen LogP contribution in [0.2, 0.25) is 0 Å². The predicted molar refractivity (Wildman–Crippen MR) is 87.0 cm³/mol. The van der Waals surface area contributed by atoms with Crippen molar-refractivity contribution in [3.05, 3.63) is 42.4 Å². The van der Waals surface area contributed by atoms with Crippen LogP contribution in [0.1, 0.15) is 18.4 Å². The number of ether oxygens (including phenoxy) is 1. The second-order valence-electron chi connectivity index (χ2n) is 6.33. The van der Waals surface area contributed by atoms with E-state index in [4.69, 9.17) is 4.74 Å².